The van der Waals surface area contributed by atoms with E-state index in [1.54, 1.807) is 32.0 Å². The van der Waals surface area contributed by atoms with E-state index in [0.29, 0.717) is 16.2 Å². The molecule has 5 nitrogen and oxygen atoms in total. The van der Waals surface area contributed by atoms with Gasteiger partial charge in [-0.05, 0) is 26.0 Å². The number of urea groups is 1. The number of esters is 1. The van der Waals surface area contributed by atoms with Gasteiger partial charge in [-0.3, -0.25) is 0 Å². The van der Waals surface area contributed by atoms with Crippen LogP contribution in [0.5, 0.6) is 0 Å². The van der Waals surface area contributed by atoms with Crippen molar-refractivity contribution in [1.29, 1.82) is 0 Å². The molecule has 0 aliphatic carbocycles. The number of hydrogen-bond donors (Lipinski definition) is 2. The van der Waals surface area contributed by atoms with Gasteiger partial charge >= 0.3 is 12.0 Å². The van der Waals surface area contributed by atoms with Crippen molar-refractivity contribution in [3.63, 3.8) is 0 Å². The molecule has 0 bridgehead atoms. The van der Waals surface area contributed by atoms with Crippen LogP contribution >= 0.6 is 11.8 Å². The molecule has 1 aromatic rings. The second-order valence-electron chi connectivity index (χ2n) is 4.65. The summed E-state index contributed by atoms with van der Waals surface area (Å²) in [6.07, 6.45) is 0. The summed E-state index contributed by atoms with van der Waals surface area (Å²) in [5.74, 6) is -0.543. The van der Waals surface area contributed by atoms with Crippen LogP contribution in [0.3, 0.4) is 0 Å². The Kier molecular flexibility index (Phi) is 5.43. The molecule has 2 amide bonds. The van der Waals surface area contributed by atoms with Crippen LogP contribution in [0.2, 0.25) is 0 Å². The smallest absolute Gasteiger partial charge is 0.337 e. The quantitative estimate of drug-likeness (QED) is 0.645. The van der Waals surface area contributed by atoms with Crippen LogP contribution in [0.25, 0.3) is 0 Å². The summed E-state index contributed by atoms with van der Waals surface area (Å²) < 4.78 is 18.7. The molecule has 1 atom stereocenters. The monoisotopic (exact) mass is 324 g/mol. The second kappa shape index (κ2) is 7.31. The number of ether oxygens (including phenoxy) is 1. The minimum atomic E-state index is -0.480. The fourth-order valence-corrected chi connectivity index (χ4v) is 3.01. The average Bonchev–Trinajstić information content (AvgIpc) is 2.46. The first-order chi connectivity index (χ1) is 10.5. The average molecular weight is 324 g/mol. The van der Waals surface area contributed by atoms with Crippen molar-refractivity contribution < 1.29 is 18.7 Å². The molecular weight excluding hydrogens is 307 g/mol. The van der Waals surface area contributed by atoms with E-state index >= 15 is 0 Å². The summed E-state index contributed by atoms with van der Waals surface area (Å²) in [6, 6.07) is 5.52. The van der Waals surface area contributed by atoms with Crippen LogP contribution in [0.15, 0.2) is 40.4 Å². The highest BCUT2D eigenvalue weighted by molar-refractivity contribution is 7.99. The van der Waals surface area contributed by atoms with Gasteiger partial charge in [-0.15, -0.1) is 11.8 Å². The molecule has 1 aliphatic heterocycles. The summed E-state index contributed by atoms with van der Waals surface area (Å²) in [4.78, 5) is 24.1. The fraction of sp³-hybridized carbons (Fsp3) is 0.333. The minimum absolute atomic E-state index is 0.247. The Bertz CT molecular complexity index is 619. The molecule has 1 aliphatic rings. The molecule has 118 valence electrons. The van der Waals surface area contributed by atoms with Crippen LogP contribution in [-0.2, 0) is 9.53 Å². The number of rotatable bonds is 5. The van der Waals surface area contributed by atoms with Gasteiger partial charge < -0.3 is 15.4 Å². The summed E-state index contributed by atoms with van der Waals surface area (Å²) in [6.45, 7) is 3.67. The molecular formula is C15H17FN2O3S. The first-order valence-corrected chi connectivity index (χ1v) is 7.86. The predicted molar refractivity (Wildman–Crippen MR) is 81.9 cm³/mol. The molecule has 7 heteroatoms. The van der Waals surface area contributed by atoms with E-state index in [1.165, 1.54) is 17.8 Å². The van der Waals surface area contributed by atoms with Gasteiger partial charge in [0.15, 0.2) is 0 Å². The van der Waals surface area contributed by atoms with Gasteiger partial charge in [-0.25, -0.2) is 14.0 Å². The number of hydrogen-bond acceptors (Lipinski definition) is 4. The van der Waals surface area contributed by atoms with Gasteiger partial charge in [0.2, 0.25) is 0 Å². The third-order valence-corrected chi connectivity index (χ3v) is 4.15. The van der Waals surface area contributed by atoms with Crippen LogP contribution in [0, 0.1) is 5.82 Å². The number of benzene rings is 1. The number of carbonyl (C=O) groups excluding carboxylic acids is 2. The Morgan fingerprint density at radius 2 is 2.14 bits per heavy atom. The third-order valence-electron chi connectivity index (χ3n) is 3.07. The molecule has 0 saturated carbocycles. The van der Waals surface area contributed by atoms with Crippen LogP contribution < -0.4 is 10.6 Å². The molecule has 22 heavy (non-hydrogen) atoms. The molecule has 2 rings (SSSR count). The molecule has 0 radical (unpaired) electrons. The van der Waals surface area contributed by atoms with Crippen molar-refractivity contribution in [2.45, 2.75) is 24.8 Å². The predicted octanol–water partition coefficient (Wildman–Crippen LogP) is 2.44. The van der Waals surface area contributed by atoms with E-state index in [-0.39, 0.29) is 24.2 Å². The maximum atomic E-state index is 13.6. The molecule has 0 unspecified atom stereocenters. The van der Waals surface area contributed by atoms with Gasteiger partial charge in [0.1, 0.15) is 5.82 Å². The van der Waals surface area contributed by atoms with Gasteiger partial charge in [-0.2, -0.15) is 0 Å². The number of thioether (sulfide) groups is 1. The molecule has 0 saturated heterocycles. The summed E-state index contributed by atoms with van der Waals surface area (Å²) in [5.41, 5.74) is 0.813. The van der Waals surface area contributed by atoms with Gasteiger partial charge in [0, 0.05) is 16.3 Å². The molecule has 0 spiro atoms. The lowest BCUT2D eigenvalue weighted by atomic mass is 10.1. The zero-order valence-electron chi connectivity index (χ0n) is 12.3. The lowest BCUT2D eigenvalue weighted by molar-refractivity contribution is -0.138. The van der Waals surface area contributed by atoms with E-state index in [9.17, 15) is 14.0 Å². The SMILES string of the molecule is CCOC(=O)C1=C(CSc2ccccc2F)NC(=O)N[C@H]1C. The Balaban J connectivity index is 2.22. The molecule has 0 fully saturated rings. The first kappa shape index (κ1) is 16.4. The third kappa shape index (κ3) is 3.79. The molecule has 1 heterocycles. The zero-order chi connectivity index (χ0) is 16.1. The van der Waals surface area contributed by atoms with Crippen molar-refractivity contribution in [1.82, 2.24) is 10.6 Å². The Hall–Kier alpha value is -2.02. The highest BCUT2D eigenvalue weighted by Gasteiger charge is 2.29. The van der Waals surface area contributed by atoms with E-state index in [2.05, 4.69) is 10.6 Å². The standard InChI is InChI=1S/C15H17FN2O3S/c1-3-21-14(19)13-9(2)17-15(20)18-11(13)8-22-12-7-5-4-6-10(12)16/h4-7,9H,3,8H2,1-2H3,(H2,17,18,20)/t9-/m0/s1. The van der Waals surface area contributed by atoms with Crippen molar-refractivity contribution in [2.75, 3.05) is 12.4 Å². The van der Waals surface area contributed by atoms with Gasteiger partial charge in [-0.1, -0.05) is 12.1 Å². The largest absolute Gasteiger partial charge is 0.463 e. The van der Waals surface area contributed by atoms with E-state index < -0.39 is 12.0 Å². The summed E-state index contributed by atoms with van der Waals surface area (Å²) >= 11 is 1.21. The Labute approximate surface area is 132 Å². The first-order valence-electron chi connectivity index (χ1n) is 6.88. The van der Waals surface area contributed by atoms with Crippen molar-refractivity contribution in [2.24, 2.45) is 0 Å². The van der Waals surface area contributed by atoms with Crippen molar-refractivity contribution in [3.8, 4) is 0 Å². The topological polar surface area (TPSA) is 67.4 Å². The van der Waals surface area contributed by atoms with Crippen LogP contribution in [0.1, 0.15) is 13.8 Å². The Morgan fingerprint density at radius 1 is 1.41 bits per heavy atom. The lowest BCUT2D eigenvalue weighted by Crippen LogP contribution is -2.49. The number of carbonyl (C=O) groups is 2. The molecule has 0 aromatic heterocycles. The maximum absolute atomic E-state index is 13.6. The van der Waals surface area contributed by atoms with Crippen LogP contribution in [-0.4, -0.2) is 30.4 Å². The number of amides is 2. The molecule has 2 N–H and O–H groups in total. The zero-order valence-corrected chi connectivity index (χ0v) is 13.1. The van der Waals surface area contributed by atoms with E-state index in [1.807, 2.05) is 0 Å². The van der Waals surface area contributed by atoms with Crippen LogP contribution in [0.4, 0.5) is 9.18 Å². The Morgan fingerprint density at radius 3 is 2.82 bits per heavy atom. The summed E-state index contributed by atoms with van der Waals surface area (Å²) in [7, 11) is 0. The van der Waals surface area contributed by atoms with Crippen molar-refractivity contribution in [3.05, 3.63) is 41.4 Å². The highest BCUT2D eigenvalue weighted by Crippen LogP contribution is 2.25. The maximum Gasteiger partial charge on any atom is 0.337 e. The normalized spacial score (nSPS) is 17.8. The molecule has 1 aromatic carbocycles. The van der Waals surface area contributed by atoms with Gasteiger partial charge in [0.25, 0.3) is 0 Å². The summed E-state index contributed by atoms with van der Waals surface area (Å²) in [5, 5.41) is 5.23. The fourth-order valence-electron chi connectivity index (χ4n) is 2.10. The number of halogens is 1. The van der Waals surface area contributed by atoms with E-state index in [4.69, 9.17) is 4.74 Å². The number of nitrogens with one attached hydrogen (secondary N) is 2. The van der Waals surface area contributed by atoms with Crippen molar-refractivity contribution >= 4 is 23.8 Å². The lowest BCUT2D eigenvalue weighted by Gasteiger charge is -2.26. The minimum Gasteiger partial charge on any atom is -0.463 e. The second-order valence-corrected chi connectivity index (χ2v) is 5.67. The van der Waals surface area contributed by atoms with E-state index in [0.717, 1.165) is 0 Å². The highest BCUT2D eigenvalue weighted by atomic mass is 32.2. The van der Waals surface area contributed by atoms with Gasteiger partial charge in [0.05, 0.1) is 18.2 Å².